The van der Waals surface area contributed by atoms with E-state index in [9.17, 15) is 10.2 Å². The molecule has 3 saturated carbocycles. The first-order chi connectivity index (χ1) is 10.8. The third-order valence-electron chi connectivity index (χ3n) is 8.05. The fourth-order valence-electron chi connectivity index (χ4n) is 6.57. The Bertz CT molecular complexity index is 626. The molecule has 0 aromatic rings. The van der Waals surface area contributed by atoms with Gasteiger partial charge in [-0.3, -0.25) is 0 Å². The number of hydrogen-bond acceptors (Lipinski definition) is 2. The van der Waals surface area contributed by atoms with Gasteiger partial charge in [0.15, 0.2) is 0 Å². The Morgan fingerprint density at radius 1 is 1.17 bits per heavy atom. The van der Waals surface area contributed by atoms with Crippen molar-refractivity contribution >= 4 is 0 Å². The van der Waals surface area contributed by atoms with E-state index < -0.39 is 11.7 Å². The summed E-state index contributed by atoms with van der Waals surface area (Å²) >= 11 is 0. The van der Waals surface area contributed by atoms with E-state index in [1.807, 2.05) is 6.08 Å². The van der Waals surface area contributed by atoms with Crippen molar-refractivity contribution in [2.75, 3.05) is 0 Å². The van der Waals surface area contributed by atoms with Crippen molar-refractivity contribution in [1.29, 1.82) is 0 Å². The van der Waals surface area contributed by atoms with Crippen molar-refractivity contribution in [3.8, 4) is 12.3 Å². The molecule has 124 valence electrons. The van der Waals surface area contributed by atoms with Gasteiger partial charge in [0.2, 0.25) is 0 Å². The summed E-state index contributed by atoms with van der Waals surface area (Å²) in [4.78, 5) is 0. The van der Waals surface area contributed by atoms with Gasteiger partial charge in [0.25, 0.3) is 0 Å². The first-order valence-corrected chi connectivity index (χ1v) is 9.13. The third-order valence-corrected chi connectivity index (χ3v) is 8.05. The normalized spacial score (nSPS) is 54.5. The fourth-order valence-corrected chi connectivity index (χ4v) is 6.57. The van der Waals surface area contributed by atoms with Crippen LogP contribution in [0.4, 0.5) is 0 Å². The van der Waals surface area contributed by atoms with E-state index in [1.165, 1.54) is 12.0 Å². The Balaban J connectivity index is 1.70. The molecule has 0 aromatic heterocycles. The summed E-state index contributed by atoms with van der Waals surface area (Å²) in [5.41, 5.74) is 0.458. The fraction of sp³-hybridized carbons (Fsp3) is 0.714. The lowest BCUT2D eigenvalue weighted by atomic mass is 9.47. The molecule has 0 spiro atoms. The summed E-state index contributed by atoms with van der Waals surface area (Å²) in [5, 5.41) is 20.9. The number of allylic oxidation sites excluding steroid dienone is 2. The van der Waals surface area contributed by atoms with Crippen molar-refractivity contribution in [2.24, 2.45) is 28.6 Å². The minimum Gasteiger partial charge on any atom is -0.385 e. The van der Waals surface area contributed by atoms with Gasteiger partial charge in [-0.2, -0.15) is 0 Å². The van der Waals surface area contributed by atoms with E-state index >= 15 is 0 Å². The number of aliphatic hydroxyl groups excluding tert-OH is 1. The summed E-state index contributed by atoms with van der Waals surface area (Å²) in [6.07, 6.45) is 17.8. The van der Waals surface area contributed by atoms with Crippen LogP contribution in [0.2, 0.25) is 0 Å². The Hall–Kier alpha value is -1.04. The summed E-state index contributed by atoms with van der Waals surface area (Å²) in [7, 11) is 0. The molecule has 4 rings (SSSR count). The highest BCUT2D eigenvalue weighted by Crippen LogP contribution is 2.66. The van der Waals surface area contributed by atoms with E-state index in [-0.39, 0.29) is 10.8 Å². The van der Waals surface area contributed by atoms with Crippen molar-refractivity contribution in [3.05, 3.63) is 23.8 Å². The van der Waals surface area contributed by atoms with Gasteiger partial charge in [0, 0.05) is 10.8 Å². The van der Waals surface area contributed by atoms with Crippen molar-refractivity contribution < 1.29 is 10.2 Å². The van der Waals surface area contributed by atoms with Gasteiger partial charge in [-0.25, -0.2) is 0 Å². The average molecular weight is 312 g/mol. The van der Waals surface area contributed by atoms with Gasteiger partial charge in [-0.05, 0) is 56.3 Å². The van der Waals surface area contributed by atoms with Crippen molar-refractivity contribution in [1.82, 2.24) is 0 Å². The molecule has 0 aliphatic heterocycles. The Morgan fingerprint density at radius 2 is 1.91 bits per heavy atom. The summed E-state index contributed by atoms with van der Waals surface area (Å²) in [6, 6.07) is 0. The third kappa shape index (κ3) is 1.84. The quantitative estimate of drug-likeness (QED) is 0.531. The largest absolute Gasteiger partial charge is 0.385 e. The van der Waals surface area contributed by atoms with Crippen LogP contribution < -0.4 is 0 Å². The van der Waals surface area contributed by atoms with E-state index in [1.54, 1.807) is 0 Å². The average Bonchev–Trinajstić information content (AvgIpc) is 2.80. The molecule has 2 heteroatoms. The molecule has 0 bridgehead atoms. The first-order valence-electron chi connectivity index (χ1n) is 9.13. The molecule has 7 atom stereocenters. The van der Waals surface area contributed by atoms with E-state index in [4.69, 9.17) is 6.42 Å². The lowest BCUT2D eigenvalue weighted by Gasteiger charge is -2.57. The van der Waals surface area contributed by atoms with Crippen LogP contribution in [0.3, 0.4) is 0 Å². The Labute approximate surface area is 139 Å². The standard InChI is InChI=1S/C21H28O2/c1-4-21(23)12-9-18-16-6-5-14-13-15(22)7-10-19(14,2)17(16)8-11-20(18,21)3/h1,7,10,13,15-18,22-23H,5-6,8-9,11-12H2,2-3H3/t15-,16+,17-,18+,19-,20-,21-/m0/s1. The topological polar surface area (TPSA) is 40.5 Å². The second-order valence-corrected chi connectivity index (χ2v) is 8.74. The second kappa shape index (κ2) is 4.74. The lowest BCUT2D eigenvalue weighted by Crippen LogP contribution is -2.54. The van der Waals surface area contributed by atoms with Gasteiger partial charge >= 0.3 is 0 Å². The first kappa shape index (κ1) is 15.5. The minimum atomic E-state index is -0.918. The van der Waals surface area contributed by atoms with Crippen LogP contribution in [-0.4, -0.2) is 21.9 Å². The van der Waals surface area contributed by atoms with Gasteiger partial charge in [-0.1, -0.05) is 43.6 Å². The van der Waals surface area contributed by atoms with E-state index in [0.29, 0.717) is 17.8 Å². The molecule has 2 nitrogen and oxygen atoms in total. The second-order valence-electron chi connectivity index (χ2n) is 8.74. The van der Waals surface area contributed by atoms with E-state index in [2.05, 4.69) is 31.9 Å². The highest BCUT2D eigenvalue weighted by atomic mass is 16.3. The molecule has 0 aromatic carbocycles. The van der Waals surface area contributed by atoms with Gasteiger partial charge < -0.3 is 10.2 Å². The predicted molar refractivity (Wildman–Crippen MR) is 91.4 cm³/mol. The molecule has 0 saturated heterocycles. The number of hydrogen-bond donors (Lipinski definition) is 2. The zero-order valence-electron chi connectivity index (χ0n) is 14.3. The van der Waals surface area contributed by atoms with Crippen molar-refractivity contribution in [3.63, 3.8) is 0 Å². The molecule has 2 N–H and O–H groups in total. The maximum absolute atomic E-state index is 11.0. The van der Waals surface area contributed by atoms with Crippen LogP contribution in [-0.2, 0) is 0 Å². The van der Waals surface area contributed by atoms with Crippen molar-refractivity contribution in [2.45, 2.75) is 64.1 Å². The number of terminal acetylenes is 1. The van der Waals surface area contributed by atoms with Gasteiger partial charge in [-0.15, -0.1) is 6.42 Å². The van der Waals surface area contributed by atoms with Crippen LogP contribution in [0.5, 0.6) is 0 Å². The molecule has 0 heterocycles. The summed E-state index contributed by atoms with van der Waals surface area (Å²) < 4.78 is 0. The van der Waals surface area contributed by atoms with Crippen LogP contribution in [0.1, 0.15) is 52.4 Å². The molecule has 0 radical (unpaired) electrons. The predicted octanol–water partition coefficient (Wildman–Crippen LogP) is 3.45. The van der Waals surface area contributed by atoms with E-state index in [0.717, 1.165) is 32.1 Å². The van der Waals surface area contributed by atoms with Crippen LogP contribution >= 0.6 is 0 Å². The zero-order valence-corrected chi connectivity index (χ0v) is 14.3. The molecular weight excluding hydrogens is 284 g/mol. The van der Waals surface area contributed by atoms with Gasteiger partial charge in [0.1, 0.15) is 5.60 Å². The maximum atomic E-state index is 11.0. The highest BCUT2D eigenvalue weighted by Gasteiger charge is 2.63. The van der Waals surface area contributed by atoms with Crippen LogP contribution in [0.25, 0.3) is 0 Å². The molecule has 3 fully saturated rings. The molecule has 23 heavy (non-hydrogen) atoms. The minimum absolute atomic E-state index is 0.0837. The Kier molecular flexibility index (Phi) is 3.19. The highest BCUT2D eigenvalue weighted by molar-refractivity contribution is 5.34. The zero-order chi connectivity index (χ0) is 16.5. The molecule has 0 unspecified atom stereocenters. The monoisotopic (exact) mass is 312 g/mol. The smallest absolute Gasteiger partial charge is 0.130 e. The number of rotatable bonds is 0. The van der Waals surface area contributed by atoms with Crippen LogP contribution in [0.15, 0.2) is 23.8 Å². The summed E-state index contributed by atoms with van der Waals surface area (Å²) in [5.74, 6) is 4.53. The lowest BCUT2D eigenvalue weighted by molar-refractivity contribution is -0.0917. The molecule has 4 aliphatic carbocycles. The molecule has 0 amide bonds. The SMILES string of the molecule is C#C[C@]1(O)CC[C@@H]2[C@@H]3CCC4=C[C@@H](O)C=C[C@]4(C)[C@H]3CC[C@@]21C. The molecule has 4 aliphatic rings. The van der Waals surface area contributed by atoms with Gasteiger partial charge in [0.05, 0.1) is 6.10 Å². The van der Waals surface area contributed by atoms with Crippen LogP contribution in [0, 0.1) is 40.9 Å². The molecular formula is C21H28O2. The Morgan fingerprint density at radius 3 is 2.65 bits per heavy atom. The maximum Gasteiger partial charge on any atom is 0.130 e. The number of aliphatic hydroxyl groups is 2. The summed E-state index contributed by atoms with van der Waals surface area (Å²) in [6.45, 7) is 4.58. The number of fused-ring (bicyclic) bond motifs is 5.